The molecule has 0 saturated heterocycles. The van der Waals surface area contributed by atoms with Crippen molar-refractivity contribution >= 4 is 12.2 Å². The fourth-order valence-electron chi connectivity index (χ4n) is 0.779. The molecule has 0 saturated carbocycles. The Hall–Kier alpha value is -1.32. The molecule has 0 unspecified atom stereocenters. The van der Waals surface area contributed by atoms with Gasteiger partial charge in [0.25, 0.3) is 0 Å². The van der Waals surface area contributed by atoms with Crippen molar-refractivity contribution in [1.82, 2.24) is 5.32 Å². The van der Waals surface area contributed by atoms with Crippen molar-refractivity contribution in [3.63, 3.8) is 0 Å². The molecule has 1 aliphatic rings. The Labute approximate surface area is 71.3 Å². The molecule has 0 radical (unpaired) electrons. The van der Waals surface area contributed by atoms with E-state index in [-0.39, 0.29) is 5.97 Å². The number of rotatable bonds is 3. The molecule has 0 aliphatic carbocycles. The second-order valence-corrected chi connectivity index (χ2v) is 2.41. The minimum atomic E-state index is -0.312. The maximum atomic E-state index is 11.1. The summed E-state index contributed by atoms with van der Waals surface area (Å²) in [5.74, 6) is -0.312. The second-order valence-electron chi connectivity index (χ2n) is 2.41. The van der Waals surface area contributed by atoms with Gasteiger partial charge in [-0.3, -0.25) is 4.99 Å². The van der Waals surface area contributed by atoms with Crippen LogP contribution in [0.4, 0.5) is 0 Å². The van der Waals surface area contributed by atoms with Crippen molar-refractivity contribution in [3.05, 3.63) is 11.8 Å². The molecule has 1 rings (SSSR count). The number of nitrogens with zero attached hydrogens (tertiary/aromatic N) is 1. The Morgan fingerprint density at radius 1 is 1.83 bits per heavy atom. The molecule has 0 amide bonds. The Kier molecular flexibility index (Phi) is 3.32. The molecule has 0 fully saturated rings. The fraction of sp³-hybridized carbons (Fsp3) is 0.500. The van der Waals surface area contributed by atoms with Crippen LogP contribution in [0.3, 0.4) is 0 Å². The third-order valence-electron chi connectivity index (χ3n) is 1.34. The Morgan fingerprint density at radius 2 is 2.67 bits per heavy atom. The normalized spacial score (nSPS) is 14.9. The van der Waals surface area contributed by atoms with Crippen LogP contribution in [0.5, 0.6) is 0 Å². The first-order chi connectivity index (χ1) is 5.84. The molecule has 0 spiro atoms. The van der Waals surface area contributed by atoms with Crippen LogP contribution in [0.1, 0.15) is 13.3 Å². The van der Waals surface area contributed by atoms with Gasteiger partial charge in [0, 0.05) is 12.4 Å². The Bertz CT molecular complexity index is 221. The van der Waals surface area contributed by atoms with Gasteiger partial charge in [-0.1, -0.05) is 6.92 Å². The van der Waals surface area contributed by atoms with Crippen LogP contribution < -0.4 is 5.32 Å². The molecule has 1 N–H and O–H groups in total. The number of esters is 1. The summed E-state index contributed by atoms with van der Waals surface area (Å²) in [6, 6.07) is 0. The lowest BCUT2D eigenvalue weighted by Crippen LogP contribution is -2.18. The summed E-state index contributed by atoms with van der Waals surface area (Å²) in [7, 11) is 0. The molecular weight excluding hydrogens is 156 g/mol. The van der Waals surface area contributed by atoms with Gasteiger partial charge in [-0.05, 0) is 6.42 Å². The Morgan fingerprint density at radius 3 is 3.25 bits per heavy atom. The zero-order valence-corrected chi connectivity index (χ0v) is 7.04. The number of hydrogen-bond donors (Lipinski definition) is 1. The predicted molar refractivity (Wildman–Crippen MR) is 45.8 cm³/mol. The SMILES string of the molecule is CCCOC(=O)C1=CNCN=C1. The van der Waals surface area contributed by atoms with Gasteiger partial charge >= 0.3 is 5.97 Å². The van der Waals surface area contributed by atoms with Gasteiger partial charge in [0.15, 0.2) is 0 Å². The van der Waals surface area contributed by atoms with Crippen molar-refractivity contribution in [2.24, 2.45) is 4.99 Å². The van der Waals surface area contributed by atoms with E-state index in [2.05, 4.69) is 10.3 Å². The first kappa shape index (κ1) is 8.77. The third-order valence-corrected chi connectivity index (χ3v) is 1.34. The highest BCUT2D eigenvalue weighted by Crippen LogP contribution is 1.97. The van der Waals surface area contributed by atoms with E-state index < -0.39 is 0 Å². The molecule has 0 aromatic carbocycles. The largest absolute Gasteiger partial charge is 0.462 e. The van der Waals surface area contributed by atoms with Gasteiger partial charge in [-0.2, -0.15) is 0 Å². The molecule has 66 valence electrons. The van der Waals surface area contributed by atoms with Crippen molar-refractivity contribution in [2.75, 3.05) is 13.3 Å². The van der Waals surface area contributed by atoms with Crippen LogP contribution in [0.2, 0.25) is 0 Å². The van der Waals surface area contributed by atoms with Crippen molar-refractivity contribution in [1.29, 1.82) is 0 Å². The number of aliphatic imine (C=N–C) groups is 1. The molecule has 0 aromatic heterocycles. The first-order valence-electron chi connectivity index (χ1n) is 3.95. The van der Waals surface area contributed by atoms with Crippen LogP contribution in [-0.4, -0.2) is 25.5 Å². The van der Waals surface area contributed by atoms with E-state index in [0.29, 0.717) is 18.8 Å². The molecule has 0 aromatic rings. The fourth-order valence-corrected chi connectivity index (χ4v) is 0.779. The van der Waals surface area contributed by atoms with Crippen molar-refractivity contribution < 1.29 is 9.53 Å². The summed E-state index contributed by atoms with van der Waals surface area (Å²) in [5.41, 5.74) is 0.481. The van der Waals surface area contributed by atoms with E-state index in [1.807, 2.05) is 6.92 Å². The average Bonchev–Trinajstić information content (AvgIpc) is 2.15. The molecule has 12 heavy (non-hydrogen) atoms. The number of hydrogen-bond acceptors (Lipinski definition) is 4. The van der Waals surface area contributed by atoms with E-state index in [4.69, 9.17) is 4.74 Å². The maximum absolute atomic E-state index is 11.1. The van der Waals surface area contributed by atoms with Crippen LogP contribution >= 0.6 is 0 Å². The standard InChI is InChI=1S/C8H12N2O2/c1-2-3-12-8(11)7-4-9-6-10-5-7/h4-5,9H,2-3,6H2,1H3. The van der Waals surface area contributed by atoms with Gasteiger partial charge in [0.1, 0.15) is 6.67 Å². The summed E-state index contributed by atoms with van der Waals surface area (Å²) < 4.78 is 4.89. The number of carbonyl (C=O) groups excluding carboxylic acids is 1. The van der Waals surface area contributed by atoms with Crippen LogP contribution in [0.25, 0.3) is 0 Å². The summed E-state index contributed by atoms with van der Waals surface area (Å²) in [6.45, 7) is 2.95. The number of ether oxygens (including phenoxy) is 1. The van der Waals surface area contributed by atoms with Gasteiger partial charge in [-0.15, -0.1) is 0 Å². The zero-order chi connectivity index (χ0) is 8.81. The van der Waals surface area contributed by atoms with Gasteiger partial charge in [0.2, 0.25) is 0 Å². The molecule has 4 heteroatoms. The predicted octanol–water partition coefficient (Wildman–Crippen LogP) is 0.455. The summed E-state index contributed by atoms with van der Waals surface area (Å²) >= 11 is 0. The van der Waals surface area contributed by atoms with Crippen LogP contribution in [0.15, 0.2) is 16.8 Å². The monoisotopic (exact) mass is 168 g/mol. The number of carbonyl (C=O) groups is 1. The second kappa shape index (κ2) is 4.54. The molecule has 1 aliphatic heterocycles. The quantitative estimate of drug-likeness (QED) is 0.623. The van der Waals surface area contributed by atoms with Crippen LogP contribution in [0, 0.1) is 0 Å². The van der Waals surface area contributed by atoms with E-state index in [1.165, 1.54) is 6.21 Å². The van der Waals surface area contributed by atoms with Crippen molar-refractivity contribution in [3.8, 4) is 0 Å². The molecule has 0 bridgehead atoms. The van der Waals surface area contributed by atoms with E-state index in [1.54, 1.807) is 6.20 Å². The highest BCUT2D eigenvalue weighted by atomic mass is 16.5. The van der Waals surface area contributed by atoms with Gasteiger partial charge in [0.05, 0.1) is 12.2 Å². The minimum Gasteiger partial charge on any atom is -0.462 e. The highest BCUT2D eigenvalue weighted by Gasteiger charge is 2.09. The lowest BCUT2D eigenvalue weighted by atomic mass is 10.3. The summed E-state index contributed by atoms with van der Waals surface area (Å²) in [5, 5.41) is 2.83. The average molecular weight is 168 g/mol. The van der Waals surface area contributed by atoms with Gasteiger partial charge < -0.3 is 10.1 Å². The topological polar surface area (TPSA) is 50.7 Å². The first-order valence-corrected chi connectivity index (χ1v) is 3.95. The molecule has 1 heterocycles. The molecule has 4 nitrogen and oxygen atoms in total. The molecule has 0 atom stereocenters. The minimum absolute atomic E-state index is 0.312. The van der Waals surface area contributed by atoms with E-state index >= 15 is 0 Å². The Balaban J connectivity index is 2.41. The summed E-state index contributed by atoms with van der Waals surface area (Å²) in [6.07, 6.45) is 3.98. The number of nitrogens with one attached hydrogen (secondary N) is 1. The van der Waals surface area contributed by atoms with Crippen molar-refractivity contribution in [2.45, 2.75) is 13.3 Å². The molecular formula is C8H12N2O2. The lowest BCUT2D eigenvalue weighted by Gasteiger charge is -2.07. The lowest BCUT2D eigenvalue weighted by molar-refractivity contribution is -0.138. The smallest absolute Gasteiger partial charge is 0.341 e. The zero-order valence-electron chi connectivity index (χ0n) is 7.04. The van der Waals surface area contributed by atoms with E-state index in [0.717, 1.165) is 6.42 Å². The summed E-state index contributed by atoms with van der Waals surface area (Å²) in [4.78, 5) is 15.0. The van der Waals surface area contributed by atoms with Gasteiger partial charge in [-0.25, -0.2) is 4.79 Å². The van der Waals surface area contributed by atoms with E-state index in [9.17, 15) is 4.79 Å². The highest BCUT2D eigenvalue weighted by molar-refractivity contribution is 6.09. The third kappa shape index (κ3) is 2.38. The van der Waals surface area contributed by atoms with Crippen LogP contribution in [-0.2, 0) is 9.53 Å². The maximum Gasteiger partial charge on any atom is 0.341 e.